The molecule has 0 heterocycles. The van der Waals surface area contributed by atoms with Gasteiger partial charge in [0.2, 0.25) is 5.91 Å². The monoisotopic (exact) mass is 238 g/mol. The molecule has 1 amide bonds. The Kier molecular flexibility index (Phi) is 4.23. The van der Waals surface area contributed by atoms with Crippen molar-refractivity contribution < 1.29 is 9.18 Å². The van der Waals surface area contributed by atoms with Crippen molar-refractivity contribution in [2.45, 2.75) is 38.8 Å². The lowest BCUT2D eigenvalue weighted by molar-refractivity contribution is -0.122. The van der Waals surface area contributed by atoms with E-state index in [9.17, 15) is 9.18 Å². The molecule has 0 aliphatic carbocycles. The van der Waals surface area contributed by atoms with Crippen LogP contribution in [-0.2, 0) is 4.79 Å². The highest BCUT2D eigenvalue weighted by Crippen LogP contribution is 2.13. The molecule has 17 heavy (non-hydrogen) atoms. The zero-order chi connectivity index (χ0) is 13.1. The Morgan fingerprint density at radius 3 is 2.41 bits per heavy atom. The number of nitrogens with one attached hydrogen (secondary N) is 1. The molecule has 1 atom stereocenters. The summed E-state index contributed by atoms with van der Waals surface area (Å²) in [6, 6.07) is 5.93. The van der Waals surface area contributed by atoms with Crippen LogP contribution in [0.25, 0.3) is 0 Å². The molecular weight excluding hydrogens is 219 g/mol. The predicted molar refractivity (Wildman–Crippen MR) is 65.8 cm³/mol. The molecule has 0 fully saturated rings. The van der Waals surface area contributed by atoms with Gasteiger partial charge in [-0.25, -0.2) is 4.39 Å². The van der Waals surface area contributed by atoms with Gasteiger partial charge in [0.05, 0.1) is 6.04 Å². The molecule has 0 aromatic heterocycles. The summed E-state index contributed by atoms with van der Waals surface area (Å²) in [6.45, 7) is 5.46. The quantitative estimate of drug-likeness (QED) is 0.844. The van der Waals surface area contributed by atoms with E-state index < -0.39 is 5.54 Å². The third kappa shape index (κ3) is 4.95. The van der Waals surface area contributed by atoms with Gasteiger partial charge in [-0.3, -0.25) is 4.79 Å². The second kappa shape index (κ2) is 5.27. The highest BCUT2D eigenvalue weighted by Gasteiger charge is 2.18. The second-order valence-electron chi connectivity index (χ2n) is 5.01. The predicted octanol–water partition coefficient (Wildman–Crippen LogP) is 2.13. The fraction of sp³-hybridized carbons (Fsp3) is 0.462. The van der Waals surface area contributed by atoms with Gasteiger partial charge in [-0.15, -0.1) is 0 Å². The van der Waals surface area contributed by atoms with Crippen LogP contribution >= 0.6 is 0 Å². The van der Waals surface area contributed by atoms with Crippen molar-refractivity contribution in [2.24, 2.45) is 5.73 Å². The first-order chi connectivity index (χ1) is 7.78. The van der Waals surface area contributed by atoms with E-state index in [-0.39, 0.29) is 24.2 Å². The van der Waals surface area contributed by atoms with Crippen molar-refractivity contribution in [1.29, 1.82) is 0 Å². The first kappa shape index (κ1) is 13.6. The van der Waals surface area contributed by atoms with Crippen molar-refractivity contribution >= 4 is 5.91 Å². The molecule has 0 radical (unpaired) electrons. The maximum Gasteiger partial charge on any atom is 0.222 e. The second-order valence-corrected chi connectivity index (χ2v) is 5.01. The van der Waals surface area contributed by atoms with E-state index in [1.807, 2.05) is 6.92 Å². The SMILES string of the molecule is C[C@H](NC(=O)CC(C)(C)N)c1ccc(F)cc1. The number of halogens is 1. The molecule has 94 valence electrons. The lowest BCUT2D eigenvalue weighted by Crippen LogP contribution is -2.39. The van der Waals surface area contributed by atoms with E-state index in [0.29, 0.717) is 0 Å². The summed E-state index contributed by atoms with van der Waals surface area (Å²) in [4.78, 5) is 11.6. The Bertz CT molecular complexity index is 381. The minimum Gasteiger partial charge on any atom is -0.350 e. The van der Waals surface area contributed by atoms with E-state index in [0.717, 1.165) is 5.56 Å². The molecule has 0 unspecified atom stereocenters. The van der Waals surface area contributed by atoms with Crippen molar-refractivity contribution in [3.63, 3.8) is 0 Å². The van der Waals surface area contributed by atoms with Gasteiger partial charge in [-0.05, 0) is 38.5 Å². The van der Waals surface area contributed by atoms with Crippen molar-refractivity contribution in [1.82, 2.24) is 5.32 Å². The van der Waals surface area contributed by atoms with Crippen LogP contribution in [0.4, 0.5) is 4.39 Å². The Morgan fingerprint density at radius 2 is 1.94 bits per heavy atom. The van der Waals surface area contributed by atoms with Gasteiger partial charge in [0.25, 0.3) is 0 Å². The van der Waals surface area contributed by atoms with E-state index in [1.165, 1.54) is 12.1 Å². The van der Waals surface area contributed by atoms with Crippen LogP contribution in [0.15, 0.2) is 24.3 Å². The van der Waals surface area contributed by atoms with Crippen LogP contribution in [0.5, 0.6) is 0 Å². The smallest absolute Gasteiger partial charge is 0.222 e. The van der Waals surface area contributed by atoms with Crippen molar-refractivity contribution in [3.05, 3.63) is 35.6 Å². The largest absolute Gasteiger partial charge is 0.350 e. The Hall–Kier alpha value is -1.42. The average Bonchev–Trinajstić information content (AvgIpc) is 2.15. The van der Waals surface area contributed by atoms with Crippen LogP contribution in [0.3, 0.4) is 0 Å². The van der Waals surface area contributed by atoms with Crippen LogP contribution in [0.2, 0.25) is 0 Å². The summed E-state index contributed by atoms with van der Waals surface area (Å²) in [5.74, 6) is -0.385. The lowest BCUT2D eigenvalue weighted by Gasteiger charge is -2.20. The number of rotatable bonds is 4. The maximum atomic E-state index is 12.7. The molecule has 0 spiro atoms. The van der Waals surface area contributed by atoms with Crippen LogP contribution in [0.1, 0.15) is 38.8 Å². The third-order valence-electron chi connectivity index (χ3n) is 2.36. The molecule has 0 saturated carbocycles. The summed E-state index contributed by atoms with van der Waals surface area (Å²) in [5, 5.41) is 2.83. The fourth-order valence-corrected chi connectivity index (χ4v) is 1.54. The van der Waals surface area contributed by atoms with Gasteiger partial charge in [0.1, 0.15) is 5.82 Å². The van der Waals surface area contributed by atoms with Gasteiger partial charge in [0.15, 0.2) is 0 Å². The van der Waals surface area contributed by atoms with Gasteiger partial charge in [0, 0.05) is 12.0 Å². The Balaban J connectivity index is 2.57. The summed E-state index contributed by atoms with van der Waals surface area (Å²) in [5.41, 5.74) is 6.11. The molecule has 0 aliphatic heterocycles. The number of hydrogen-bond donors (Lipinski definition) is 2. The highest BCUT2D eigenvalue weighted by atomic mass is 19.1. The summed E-state index contributed by atoms with van der Waals surface area (Å²) in [7, 11) is 0. The summed E-state index contributed by atoms with van der Waals surface area (Å²) in [6.07, 6.45) is 0.262. The normalized spacial score (nSPS) is 13.2. The van der Waals surface area contributed by atoms with E-state index in [2.05, 4.69) is 5.32 Å². The first-order valence-electron chi connectivity index (χ1n) is 5.61. The molecular formula is C13H19FN2O. The molecule has 3 nitrogen and oxygen atoms in total. The van der Waals surface area contributed by atoms with Gasteiger partial charge in [-0.1, -0.05) is 12.1 Å². The molecule has 3 N–H and O–H groups in total. The van der Waals surface area contributed by atoms with E-state index in [1.54, 1.807) is 26.0 Å². The molecule has 4 heteroatoms. The summed E-state index contributed by atoms with van der Waals surface area (Å²) >= 11 is 0. The number of carbonyl (C=O) groups excluding carboxylic acids is 1. The average molecular weight is 238 g/mol. The van der Waals surface area contributed by atoms with Crippen molar-refractivity contribution in [2.75, 3.05) is 0 Å². The lowest BCUT2D eigenvalue weighted by atomic mass is 10.0. The standard InChI is InChI=1S/C13H19FN2O/c1-9(10-4-6-11(14)7-5-10)16-12(17)8-13(2,3)15/h4-7,9H,8,15H2,1-3H3,(H,16,17)/t9-/m0/s1. The van der Waals surface area contributed by atoms with Gasteiger partial charge < -0.3 is 11.1 Å². The molecule has 1 aromatic carbocycles. The highest BCUT2D eigenvalue weighted by molar-refractivity contribution is 5.77. The zero-order valence-electron chi connectivity index (χ0n) is 10.5. The minimum absolute atomic E-state index is 0.102. The molecule has 0 saturated heterocycles. The summed E-state index contributed by atoms with van der Waals surface area (Å²) < 4.78 is 12.7. The van der Waals surface area contributed by atoms with Crippen LogP contribution in [0, 0.1) is 5.82 Å². The number of nitrogens with two attached hydrogens (primary N) is 1. The third-order valence-corrected chi connectivity index (χ3v) is 2.36. The maximum absolute atomic E-state index is 12.7. The van der Waals surface area contributed by atoms with E-state index >= 15 is 0 Å². The fourth-order valence-electron chi connectivity index (χ4n) is 1.54. The van der Waals surface area contributed by atoms with Gasteiger partial charge >= 0.3 is 0 Å². The zero-order valence-corrected chi connectivity index (χ0v) is 10.5. The van der Waals surface area contributed by atoms with Crippen LogP contribution < -0.4 is 11.1 Å². The van der Waals surface area contributed by atoms with Crippen LogP contribution in [-0.4, -0.2) is 11.4 Å². The first-order valence-corrected chi connectivity index (χ1v) is 5.61. The molecule has 1 rings (SSSR count). The van der Waals surface area contributed by atoms with Crippen molar-refractivity contribution in [3.8, 4) is 0 Å². The number of hydrogen-bond acceptors (Lipinski definition) is 2. The molecule has 1 aromatic rings. The topological polar surface area (TPSA) is 55.1 Å². The molecule has 0 aliphatic rings. The Morgan fingerprint density at radius 1 is 1.41 bits per heavy atom. The number of benzene rings is 1. The van der Waals surface area contributed by atoms with Gasteiger partial charge in [-0.2, -0.15) is 0 Å². The number of amides is 1. The van der Waals surface area contributed by atoms with E-state index in [4.69, 9.17) is 5.73 Å². The Labute approximate surface area is 101 Å². The minimum atomic E-state index is -0.521. The molecule has 0 bridgehead atoms. The number of carbonyl (C=O) groups is 1.